The average Bonchev–Trinajstić information content (AvgIpc) is 2.91. The Morgan fingerprint density at radius 2 is 1.65 bits per heavy atom. The molecule has 2 amide bonds. The van der Waals surface area contributed by atoms with Crippen LogP contribution in [-0.4, -0.2) is 36.3 Å². The number of benzene rings is 2. The molecule has 0 spiro atoms. The van der Waals surface area contributed by atoms with Crippen molar-refractivity contribution in [3.63, 3.8) is 0 Å². The van der Waals surface area contributed by atoms with Crippen LogP contribution in [0.5, 0.6) is 11.5 Å². The van der Waals surface area contributed by atoms with Gasteiger partial charge in [-0.05, 0) is 54.6 Å². The minimum atomic E-state index is -0.289. The number of rotatable bonds is 6. The second-order valence-corrected chi connectivity index (χ2v) is 6.76. The van der Waals surface area contributed by atoms with Gasteiger partial charge in [0, 0.05) is 0 Å². The summed E-state index contributed by atoms with van der Waals surface area (Å²) >= 11 is 0.947. The molecule has 0 aromatic heterocycles. The standard InChI is InChI=1S/C20H19NO4S/c1-14-3-7-17(8-4-14)25-12-11-21-19(22)18(26-20(21)23)13-15-5-9-16(24-2)10-6-15/h3-10,13H,11-12H2,1-2H3/b18-13-. The summed E-state index contributed by atoms with van der Waals surface area (Å²) in [5.41, 5.74) is 1.99. The highest BCUT2D eigenvalue weighted by Gasteiger charge is 2.34. The number of hydrogen-bond donors (Lipinski definition) is 0. The molecular formula is C20H19NO4S. The molecule has 1 fully saturated rings. The first kappa shape index (κ1) is 18.1. The van der Waals surface area contributed by atoms with E-state index in [0.29, 0.717) is 4.91 Å². The number of aryl methyl sites for hydroxylation is 1. The van der Waals surface area contributed by atoms with Crippen molar-refractivity contribution in [2.45, 2.75) is 6.92 Å². The van der Waals surface area contributed by atoms with Gasteiger partial charge in [-0.2, -0.15) is 0 Å². The summed E-state index contributed by atoms with van der Waals surface area (Å²) in [7, 11) is 1.60. The molecule has 3 rings (SSSR count). The van der Waals surface area contributed by atoms with Crippen molar-refractivity contribution in [1.29, 1.82) is 0 Å². The molecule has 134 valence electrons. The Balaban J connectivity index is 1.60. The molecule has 1 aliphatic heterocycles. The van der Waals surface area contributed by atoms with Gasteiger partial charge in [-0.15, -0.1) is 0 Å². The van der Waals surface area contributed by atoms with Crippen LogP contribution in [0.2, 0.25) is 0 Å². The Kier molecular flexibility index (Phi) is 5.63. The lowest BCUT2D eigenvalue weighted by Crippen LogP contribution is -2.32. The number of imide groups is 1. The van der Waals surface area contributed by atoms with E-state index in [4.69, 9.17) is 9.47 Å². The lowest BCUT2D eigenvalue weighted by molar-refractivity contribution is -0.123. The van der Waals surface area contributed by atoms with Crippen LogP contribution in [0.1, 0.15) is 11.1 Å². The molecule has 0 bridgehead atoms. The topological polar surface area (TPSA) is 55.8 Å². The van der Waals surface area contributed by atoms with Gasteiger partial charge < -0.3 is 9.47 Å². The predicted octanol–water partition coefficient (Wildman–Crippen LogP) is 4.12. The maximum Gasteiger partial charge on any atom is 0.293 e. The molecule has 0 saturated carbocycles. The largest absolute Gasteiger partial charge is 0.497 e. The number of nitrogens with zero attached hydrogens (tertiary/aromatic N) is 1. The smallest absolute Gasteiger partial charge is 0.293 e. The molecule has 0 atom stereocenters. The van der Waals surface area contributed by atoms with Crippen LogP contribution < -0.4 is 9.47 Å². The molecule has 1 saturated heterocycles. The molecule has 1 heterocycles. The molecule has 0 unspecified atom stereocenters. The van der Waals surface area contributed by atoms with Gasteiger partial charge in [0.1, 0.15) is 18.1 Å². The summed E-state index contributed by atoms with van der Waals surface area (Å²) in [4.78, 5) is 26.2. The van der Waals surface area contributed by atoms with Crippen molar-refractivity contribution < 1.29 is 19.1 Å². The molecular weight excluding hydrogens is 350 g/mol. The zero-order valence-corrected chi connectivity index (χ0v) is 15.4. The highest BCUT2D eigenvalue weighted by Crippen LogP contribution is 2.32. The van der Waals surface area contributed by atoms with Crippen LogP contribution in [0.4, 0.5) is 4.79 Å². The van der Waals surface area contributed by atoms with E-state index in [2.05, 4.69) is 0 Å². The summed E-state index contributed by atoms with van der Waals surface area (Å²) in [5.74, 6) is 1.17. The number of hydrogen-bond acceptors (Lipinski definition) is 5. The molecule has 0 N–H and O–H groups in total. The molecule has 6 heteroatoms. The van der Waals surface area contributed by atoms with Gasteiger partial charge in [0.05, 0.1) is 18.6 Å². The number of amides is 2. The fraction of sp³-hybridized carbons (Fsp3) is 0.200. The number of thioether (sulfide) groups is 1. The number of ether oxygens (including phenoxy) is 2. The van der Waals surface area contributed by atoms with Crippen LogP contribution in [-0.2, 0) is 4.79 Å². The maximum absolute atomic E-state index is 12.5. The van der Waals surface area contributed by atoms with Gasteiger partial charge in [-0.3, -0.25) is 14.5 Å². The van der Waals surface area contributed by atoms with E-state index in [1.807, 2.05) is 55.5 Å². The van der Waals surface area contributed by atoms with E-state index in [1.54, 1.807) is 13.2 Å². The lowest BCUT2D eigenvalue weighted by Gasteiger charge is -2.13. The van der Waals surface area contributed by atoms with Gasteiger partial charge in [0.2, 0.25) is 0 Å². The minimum absolute atomic E-state index is 0.221. The maximum atomic E-state index is 12.5. The molecule has 0 aliphatic carbocycles. The van der Waals surface area contributed by atoms with Crippen molar-refractivity contribution in [3.8, 4) is 11.5 Å². The van der Waals surface area contributed by atoms with Crippen LogP contribution >= 0.6 is 11.8 Å². The van der Waals surface area contributed by atoms with Gasteiger partial charge in [0.15, 0.2) is 0 Å². The molecule has 5 nitrogen and oxygen atoms in total. The van der Waals surface area contributed by atoms with Crippen molar-refractivity contribution in [2.75, 3.05) is 20.3 Å². The average molecular weight is 369 g/mol. The zero-order valence-electron chi connectivity index (χ0n) is 14.6. The van der Waals surface area contributed by atoms with E-state index in [0.717, 1.165) is 34.4 Å². The monoisotopic (exact) mass is 369 g/mol. The van der Waals surface area contributed by atoms with Crippen molar-refractivity contribution in [2.24, 2.45) is 0 Å². The Hall–Kier alpha value is -2.73. The summed E-state index contributed by atoms with van der Waals surface area (Å²) in [5, 5.41) is -0.276. The predicted molar refractivity (Wildman–Crippen MR) is 102 cm³/mol. The molecule has 26 heavy (non-hydrogen) atoms. The highest BCUT2D eigenvalue weighted by molar-refractivity contribution is 8.18. The van der Waals surface area contributed by atoms with E-state index >= 15 is 0 Å². The van der Waals surface area contributed by atoms with Crippen LogP contribution in [0.15, 0.2) is 53.4 Å². The number of carbonyl (C=O) groups is 2. The fourth-order valence-corrected chi connectivity index (χ4v) is 3.30. The lowest BCUT2D eigenvalue weighted by atomic mass is 10.2. The fourth-order valence-electron chi connectivity index (χ4n) is 2.43. The van der Waals surface area contributed by atoms with Gasteiger partial charge in [-0.25, -0.2) is 0 Å². The Bertz CT molecular complexity index is 828. The van der Waals surface area contributed by atoms with Crippen LogP contribution in [0.3, 0.4) is 0 Å². The third-order valence-corrected chi connectivity index (χ3v) is 4.80. The third kappa shape index (κ3) is 4.26. The van der Waals surface area contributed by atoms with E-state index < -0.39 is 0 Å². The van der Waals surface area contributed by atoms with Gasteiger partial charge in [-0.1, -0.05) is 29.8 Å². The second-order valence-electron chi connectivity index (χ2n) is 5.77. The van der Waals surface area contributed by atoms with Crippen molar-refractivity contribution in [3.05, 3.63) is 64.6 Å². The Labute approximate surface area is 156 Å². The quantitative estimate of drug-likeness (QED) is 0.717. The number of methoxy groups -OCH3 is 1. The number of carbonyl (C=O) groups excluding carboxylic acids is 2. The van der Waals surface area contributed by atoms with Gasteiger partial charge >= 0.3 is 0 Å². The molecule has 2 aromatic carbocycles. The Morgan fingerprint density at radius 3 is 2.31 bits per heavy atom. The molecule has 2 aromatic rings. The highest BCUT2D eigenvalue weighted by atomic mass is 32.2. The van der Waals surface area contributed by atoms with Crippen LogP contribution in [0.25, 0.3) is 6.08 Å². The first-order valence-electron chi connectivity index (χ1n) is 8.16. The summed E-state index contributed by atoms with van der Waals surface area (Å²) in [6, 6.07) is 14.9. The summed E-state index contributed by atoms with van der Waals surface area (Å²) in [6.07, 6.45) is 1.71. The SMILES string of the molecule is COc1ccc(/C=C2\SC(=O)N(CCOc3ccc(C)cc3)C2=O)cc1. The minimum Gasteiger partial charge on any atom is -0.497 e. The third-order valence-electron chi connectivity index (χ3n) is 3.89. The molecule has 1 aliphatic rings. The van der Waals surface area contributed by atoms with Gasteiger partial charge in [0.25, 0.3) is 11.1 Å². The Morgan fingerprint density at radius 1 is 1.00 bits per heavy atom. The molecule has 0 radical (unpaired) electrons. The van der Waals surface area contributed by atoms with E-state index in [9.17, 15) is 9.59 Å². The first-order valence-corrected chi connectivity index (χ1v) is 8.97. The summed E-state index contributed by atoms with van der Waals surface area (Å²) < 4.78 is 10.7. The zero-order chi connectivity index (χ0) is 18.5. The van der Waals surface area contributed by atoms with Crippen molar-refractivity contribution >= 4 is 29.0 Å². The van der Waals surface area contributed by atoms with E-state index in [1.165, 1.54) is 4.90 Å². The normalized spacial score (nSPS) is 15.6. The second kappa shape index (κ2) is 8.10. The van der Waals surface area contributed by atoms with E-state index in [-0.39, 0.29) is 24.3 Å². The first-order chi connectivity index (χ1) is 12.6. The van der Waals surface area contributed by atoms with Crippen molar-refractivity contribution in [1.82, 2.24) is 4.90 Å². The van der Waals surface area contributed by atoms with Crippen LogP contribution in [0, 0.1) is 6.92 Å². The summed E-state index contributed by atoms with van der Waals surface area (Å²) in [6.45, 7) is 2.48.